The van der Waals surface area contributed by atoms with Gasteiger partial charge in [-0.15, -0.1) is 0 Å². The SMILES string of the molecule is O=C(COC(=O)Cc1ccccc1)Nc1cccc(Br)c1. The molecule has 0 saturated carbocycles. The molecule has 1 amide bonds. The van der Waals surface area contributed by atoms with Crippen LogP contribution in [0.15, 0.2) is 59.1 Å². The maximum absolute atomic E-state index is 11.7. The zero-order chi connectivity index (χ0) is 15.1. The standard InChI is InChI=1S/C16H14BrNO3/c17-13-7-4-8-14(10-13)18-15(19)11-21-16(20)9-12-5-2-1-3-6-12/h1-8,10H,9,11H2,(H,18,19). The van der Waals surface area contributed by atoms with Gasteiger partial charge in [0.2, 0.25) is 0 Å². The van der Waals surface area contributed by atoms with E-state index >= 15 is 0 Å². The summed E-state index contributed by atoms with van der Waals surface area (Å²) >= 11 is 3.31. The van der Waals surface area contributed by atoms with E-state index in [0.29, 0.717) is 5.69 Å². The fraction of sp³-hybridized carbons (Fsp3) is 0.125. The predicted octanol–water partition coefficient (Wildman–Crippen LogP) is 3.17. The molecule has 0 atom stereocenters. The summed E-state index contributed by atoms with van der Waals surface area (Å²) < 4.78 is 5.81. The van der Waals surface area contributed by atoms with Gasteiger partial charge in [-0.25, -0.2) is 0 Å². The van der Waals surface area contributed by atoms with Crippen molar-refractivity contribution in [1.82, 2.24) is 0 Å². The quantitative estimate of drug-likeness (QED) is 0.845. The molecule has 21 heavy (non-hydrogen) atoms. The summed E-state index contributed by atoms with van der Waals surface area (Å²) in [5.74, 6) is -0.792. The number of hydrogen-bond acceptors (Lipinski definition) is 3. The Morgan fingerprint density at radius 2 is 1.81 bits per heavy atom. The lowest BCUT2D eigenvalue weighted by Crippen LogP contribution is -2.21. The third kappa shape index (κ3) is 5.39. The molecular formula is C16H14BrNO3. The Bertz CT molecular complexity index is 628. The smallest absolute Gasteiger partial charge is 0.310 e. The maximum Gasteiger partial charge on any atom is 0.310 e. The van der Waals surface area contributed by atoms with Crippen molar-refractivity contribution in [3.63, 3.8) is 0 Å². The summed E-state index contributed by atoms with van der Waals surface area (Å²) in [6, 6.07) is 16.4. The molecular weight excluding hydrogens is 334 g/mol. The highest BCUT2D eigenvalue weighted by molar-refractivity contribution is 9.10. The van der Waals surface area contributed by atoms with Gasteiger partial charge in [-0.05, 0) is 23.8 Å². The number of benzene rings is 2. The van der Waals surface area contributed by atoms with E-state index in [0.717, 1.165) is 10.0 Å². The minimum atomic E-state index is -0.425. The number of nitrogens with one attached hydrogen (secondary N) is 1. The Morgan fingerprint density at radius 1 is 1.05 bits per heavy atom. The topological polar surface area (TPSA) is 55.4 Å². The van der Waals surface area contributed by atoms with Crippen LogP contribution in [0.25, 0.3) is 0 Å². The molecule has 0 spiro atoms. The van der Waals surface area contributed by atoms with Crippen LogP contribution in [-0.4, -0.2) is 18.5 Å². The number of ether oxygens (including phenoxy) is 1. The van der Waals surface area contributed by atoms with Crippen LogP contribution >= 0.6 is 15.9 Å². The molecule has 0 aliphatic carbocycles. The average Bonchev–Trinajstić information content (AvgIpc) is 2.46. The maximum atomic E-state index is 11.7. The minimum absolute atomic E-state index is 0.158. The summed E-state index contributed by atoms with van der Waals surface area (Å²) in [5.41, 5.74) is 1.50. The Kier molecular flexibility index (Phi) is 5.51. The molecule has 1 N–H and O–H groups in total. The van der Waals surface area contributed by atoms with E-state index in [1.165, 1.54) is 0 Å². The Morgan fingerprint density at radius 3 is 2.52 bits per heavy atom. The first-order chi connectivity index (χ1) is 10.1. The first-order valence-corrected chi connectivity index (χ1v) is 7.18. The average molecular weight is 348 g/mol. The molecule has 5 heteroatoms. The molecule has 2 aromatic rings. The molecule has 0 bridgehead atoms. The molecule has 0 aliphatic heterocycles. The molecule has 108 valence electrons. The highest BCUT2D eigenvalue weighted by Crippen LogP contribution is 2.15. The summed E-state index contributed by atoms with van der Waals surface area (Å²) in [4.78, 5) is 23.3. The largest absolute Gasteiger partial charge is 0.455 e. The van der Waals surface area contributed by atoms with E-state index in [1.807, 2.05) is 36.4 Å². The van der Waals surface area contributed by atoms with Gasteiger partial charge in [-0.1, -0.05) is 52.3 Å². The number of hydrogen-bond donors (Lipinski definition) is 1. The van der Waals surface area contributed by atoms with Crippen LogP contribution < -0.4 is 5.32 Å². The van der Waals surface area contributed by atoms with Crippen molar-refractivity contribution in [3.05, 3.63) is 64.6 Å². The van der Waals surface area contributed by atoms with Gasteiger partial charge in [0.25, 0.3) is 5.91 Å². The van der Waals surface area contributed by atoms with E-state index in [-0.39, 0.29) is 18.9 Å². The highest BCUT2D eigenvalue weighted by atomic mass is 79.9. The molecule has 0 heterocycles. The van der Waals surface area contributed by atoms with Gasteiger partial charge < -0.3 is 10.1 Å². The fourth-order valence-corrected chi connectivity index (χ4v) is 2.12. The minimum Gasteiger partial charge on any atom is -0.455 e. The van der Waals surface area contributed by atoms with Gasteiger partial charge in [0.05, 0.1) is 6.42 Å². The van der Waals surface area contributed by atoms with Crippen molar-refractivity contribution in [2.24, 2.45) is 0 Å². The first kappa shape index (κ1) is 15.3. The molecule has 2 rings (SSSR count). The van der Waals surface area contributed by atoms with Crippen molar-refractivity contribution in [2.45, 2.75) is 6.42 Å². The zero-order valence-corrected chi connectivity index (χ0v) is 12.8. The Balaban J connectivity index is 1.77. The van der Waals surface area contributed by atoms with Crippen molar-refractivity contribution in [1.29, 1.82) is 0 Å². The van der Waals surface area contributed by atoms with E-state index in [9.17, 15) is 9.59 Å². The van der Waals surface area contributed by atoms with Gasteiger partial charge in [-0.3, -0.25) is 9.59 Å². The highest BCUT2D eigenvalue weighted by Gasteiger charge is 2.08. The lowest BCUT2D eigenvalue weighted by molar-refractivity contribution is -0.146. The summed E-state index contributed by atoms with van der Waals surface area (Å²) in [5, 5.41) is 2.66. The Hall–Kier alpha value is -2.14. The van der Waals surface area contributed by atoms with E-state index in [1.54, 1.807) is 18.2 Å². The molecule has 0 aliphatic rings. The van der Waals surface area contributed by atoms with E-state index in [4.69, 9.17) is 4.74 Å². The third-order valence-corrected chi connectivity index (χ3v) is 3.16. The molecule has 0 aromatic heterocycles. The van der Waals surface area contributed by atoms with Crippen molar-refractivity contribution < 1.29 is 14.3 Å². The van der Waals surface area contributed by atoms with Gasteiger partial charge >= 0.3 is 5.97 Å². The van der Waals surface area contributed by atoms with Gasteiger partial charge in [0.15, 0.2) is 6.61 Å². The van der Waals surface area contributed by atoms with Crippen LogP contribution in [0, 0.1) is 0 Å². The number of esters is 1. The van der Waals surface area contributed by atoms with Crippen LogP contribution in [0.3, 0.4) is 0 Å². The van der Waals surface area contributed by atoms with Crippen LogP contribution in [0.2, 0.25) is 0 Å². The second-order valence-electron chi connectivity index (χ2n) is 4.38. The normalized spacial score (nSPS) is 9.95. The monoisotopic (exact) mass is 347 g/mol. The molecule has 0 fully saturated rings. The lowest BCUT2D eigenvalue weighted by Gasteiger charge is -2.07. The summed E-state index contributed by atoms with van der Waals surface area (Å²) in [7, 11) is 0. The molecule has 0 unspecified atom stereocenters. The molecule has 0 saturated heterocycles. The van der Waals surface area contributed by atoms with Crippen molar-refractivity contribution >= 4 is 33.5 Å². The van der Waals surface area contributed by atoms with Gasteiger partial charge in [0, 0.05) is 10.2 Å². The first-order valence-electron chi connectivity index (χ1n) is 6.38. The summed E-state index contributed by atoms with van der Waals surface area (Å²) in [6.45, 7) is -0.293. The van der Waals surface area contributed by atoms with Crippen LogP contribution in [0.1, 0.15) is 5.56 Å². The fourth-order valence-electron chi connectivity index (χ4n) is 1.72. The van der Waals surface area contributed by atoms with Crippen LogP contribution in [0.5, 0.6) is 0 Å². The van der Waals surface area contributed by atoms with Crippen molar-refractivity contribution in [3.8, 4) is 0 Å². The van der Waals surface area contributed by atoms with E-state index < -0.39 is 5.97 Å². The third-order valence-electron chi connectivity index (χ3n) is 2.66. The second-order valence-corrected chi connectivity index (χ2v) is 5.30. The van der Waals surface area contributed by atoms with Crippen LogP contribution in [-0.2, 0) is 20.7 Å². The van der Waals surface area contributed by atoms with Gasteiger partial charge in [-0.2, -0.15) is 0 Å². The second kappa shape index (κ2) is 7.59. The zero-order valence-electron chi connectivity index (χ0n) is 11.2. The number of carbonyl (C=O) groups excluding carboxylic acids is 2. The lowest BCUT2D eigenvalue weighted by atomic mass is 10.2. The van der Waals surface area contributed by atoms with Gasteiger partial charge in [0.1, 0.15) is 0 Å². The van der Waals surface area contributed by atoms with E-state index in [2.05, 4.69) is 21.2 Å². The molecule has 0 radical (unpaired) electrons. The Labute approximate surface area is 131 Å². The van der Waals surface area contributed by atoms with Crippen molar-refractivity contribution in [2.75, 3.05) is 11.9 Å². The van der Waals surface area contributed by atoms with Crippen LogP contribution in [0.4, 0.5) is 5.69 Å². The predicted molar refractivity (Wildman–Crippen MR) is 83.9 cm³/mol. The number of carbonyl (C=O) groups is 2. The number of halogens is 1. The summed E-state index contributed by atoms with van der Waals surface area (Å²) in [6.07, 6.45) is 0.158. The molecule has 4 nitrogen and oxygen atoms in total. The number of anilines is 1. The number of amides is 1. The molecule has 2 aromatic carbocycles. The number of rotatable bonds is 5.